The van der Waals surface area contributed by atoms with E-state index < -0.39 is 5.97 Å². The molecule has 1 aliphatic carbocycles. The van der Waals surface area contributed by atoms with Crippen molar-refractivity contribution < 1.29 is 14.7 Å². The average Bonchev–Trinajstić information content (AvgIpc) is 3.57. The molecule has 34 heavy (non-hydrogen) atoms. The van der Waals surface area contributed by atoms with Crippen LogP contribution in [0.15, 0.2) is 72.9 Å². The molecule has 1 aromatic heterocycles. The molecule has 6 nitrogen and oxygen atoms in total. The minimum atomic E-state index is -0.942. The van der Waals surface area contributed by atoms with Crippen LogP contribution in [0, 0.1) is 5.92 Å². The van der Waals surface area contributed by atoms with Gasteiger partial charge in [0.25, 0.3) is 5.91 Å². The van der Waals surface area contributed by atoms with Crippen molar-refractivity contribution in [2.75, 3.05) is 5.32 Å². The van der Waals surface area contributed by atoms with Gasteiger partial charge in [-0.15, -0.1) is 0 Å². The third kappa shape index (κ3) is 4.58. The maximum Gasteiger partial charge on any atom is 0.307 e. The van der Waals surface area contributed by atoms with Gasteiger partial charge in [0.1, 0.15) is 0 Å². The summed E-state index contributed by atoms with van der Waals surface area (Å²) in [6.45, 7) is 1.39. The summed E-state index contributed by atoms with van der Waals surface area (Å²) in [5, 5.41) is 13.3. The predicted molar refractivity (Wildman–Crippen MR) is 134 cm³/mol. The molecule has 4 aromatic rings. The molecule has 0 aliphatic heterocycles. The van der Waals surface area contributed by atoms with Crippen molar-refractivity contribution >= 4 is 28.5 Å². The van der Waals surface area contributed by atoms with E-state index >= 15 is 0 Å². The molecule has 0 atom stereocenters. The Morgan fingerprint density at radius 1 is 1.03 bits per heavy atom. The van der Waals surface area contributed by atoms with E-state index in [2.05, 4.69) is 28.2 Å². The van der Waals surface area contributed by atoms with Crippen LogP contribution in [0.4, 0.5) is 5.69 Å². The van der Waals surface area contributed by atoms with Gasteiger partial charge >= 0.3 is 5.97 Å². The largest absolute Gasteiger partial charge is 0.481 e. The number of hydrogen-bond donors (Lipinski definition) is 3. The first-order valence-corrected chi connectivity index (χ1v) is 11.5. The van der Waals surface area contributed by atoms with Gasteiger partial charge in [-0.25, -0.2) is 0 Å². The Kier molecular flexibility index (Phi) is 5.90. The average molecular weight is 454 g/mol. The van der Waals surface area contributed by atoms with Crippen LogP contribution >= 0.6 is 0 Å². The number of aromatic nitrogens is 1. The van der Waals surface area contributed by atoms with Crippen LogP contribution in [0.2, 0.25) is 0 Å². The molecule has 1 fully saturated rings. The quantitative estimate of drug-likeness (QED) is 0.347. The molecule has 4 N–H and O–H groups in total. The van der Waals surface area contributed by atoms with Crippen molar-refractivity contribution in [3.8, 4) is 11.1 Å². The van der Waals surface area contributed by atoms with Crippen LogP contribution in [-0.2, 0) is 24.3 Å². The Morgan fingerprint density at radius 3 is 2.62 bits per heavy atom. The van der Waals surface area contributed by atoms with Crippen molar-refractivity contribution in [3.05, 3.63) is 89.6 Å². The van der Waals surface area contributed by atoms with Crippen molar-refractivity contribution in [2.24, 2.45) is 11.7 Å². The second-order valence-corrected chi connectivity index (χ2v) is 8.95. The maximum atomic E-state index is 13.4. The van der Waals surface area contributed by atoms with E-state index in [1.54, 1.807) is 24.3 Å². The van der Waals surface area contributed by atoms with Crippen molar-refractivity contribution in [1.29, 1.82) is 0 Å². The molecular weight excluding hydrogens is 426 g/mol. The zero-order valence-electron chi connectivity index (χ0n) is 18.8. The lowest BCUT2D eigenvalue weighted by molar-refractivity contribution is -0.136. The third-order valence-electron chi connectivity index (χ3n) is 6.38. The lowest BCUT2D eigenvalue weighted by Crippen LogP contribution is -2.15. The van der Waals surface area contributed by atoms with Gasteiger partial charge in [-0.05, 0) is 71.3 Å². The number of para-hydroxylation sites is 1. The van der Waals surface area contributed by atoms with Crippen molar-refractivity contribution in [3.63, 3.8) is 0 Å². The molecule has 0 radical (unpaired) electrons. The van der Waals surface area contributed by atoms with Crippen LogP contribution in [0.3, 0.4) is 0 Å². The van der Waals surface area contributed by atoms with Gasteiger partial charge in [-0.3, -0.25) is 9.59 Å². The SMILES string of the molecule is NCc1cccc(-c2cc(C(=O)Nc3ccccc3CC(=O)O)cc3c2ccn3CC2CC2)c1. The summed E-state index contributed by atoms with van der Waals surface area (Å²) in [6.07, 6.45) is 4.43. The fourth-order valence-electron chi connectivity index (χ4n) is 4.42. The lowest BCUT2D eigenvalue weighted by atomic mass is 9.97. The first-order chi connectivity index (χ1) is 16.5. The Morgan fingerprint density at radius 2 is 1.85 bits per heavy atom. The summed E-state index contributed by atoms with van der Waals surface area (Å²) in [4.78, 5) is 24.6. The Bertz CT molecular complexity index is 1380. The Labute approximate surface area is 198 Å². The fraction of sp³-hybridized carbons (Fsp3) is 0.214. The number of amides is 1. The number of nitrogens with zero attached hydrogens (tertiary/aromatic N) is 1. The number of carboxylic acids is 1. The van der Waals surface area contributed by atoms with Gasteiger partial charge in [0.15, 0.2) is 0 Å². The van der Waals surface area contributed by atoms with Gasteiger partial charge in [0.2, 0.25) is 0 Å². The second-order valence-electron chi connectivity index (χ2n) is 8.95. The summed E-state index contributed by atoms with van der Waals surface area (Å²) in [5.41, 5.74) is 11.5. The van der Waals surface area contributed by atoms with Crippen LogP contribution in [0.1, 0.15) is 34.3 Å². The van der Waals surface area contributed by atoms with Gasteiger partial charge in [-0.2, -0.15) is 0 Å². The van der Waals surface area contributed by atoms with Gasteiger partial charge in [-0.1, -0.05) is 36.4 Å². The number of rotatable bonds is 8. The lowest BCUT2D eigenvalue weighted by Gasteiger charge is -2.13. The van der Waals surface area contributed by atoms with Crippen LogP contribution in [0.5, 0.6) is 0 Å². The maximum absolute atomic E-state index is 13.4. The highest BCUT2D eigenvalue weighted by molar-refractivity contribution is 6.09. The van der Waals surface area contributed by atoms with E-state index in [1.807, 2.05) is 30.3 Å². The zero-order valence-corrected chi connectivity index (χ0v) is 18.8. The molecule has 0 bridgehead atoms. The molecule has 5 rings (SSSR count). The second kappa shape index (κ2) is 9.15. The molecule has 1 saturated carbocycles. The fourth-order valence-corrected chi connectivity index (χ4v) is 4.42. The smallest absolute Gasteiger partial charge is 0.307 e. The van der Waals surface area contributed by atoms with Crippen molar-refractivity contribution in [2.45, 2.75) is 32.4 Å². The first-order valence-electron chi connectivity index (χ1n) is 11.5. The number of fused-ring (bicyclic) bond motifs is 1. The van der Waals surface area contributed by atoms with Gasteiger partial charge in [0, 0.05) is 41.4 Å². The molecule has 172 valence electrons. The van der Waals surface area contributed by atoms with Crippen LogP contribution < -0.4 is 11.1 Å². The number of nitrogens with two attached hydrogens (primary N) is 1. The standard InChI is InChI=1S/C28H27N3O3/c29-16-19-4-3-6-20(12-19)24-13-22(14-26-23(24)10-11-31(26)17-18-8-9-18)28(34)30-25-7-2-1-5-21(25)15-27(32)33/h1-7,10-14,18H,8-9,15-17,29H2,(H,30,34)(H,32,33). The molecule has 6 heteroatoms. The molecular formula is C28H27N3O3. The minimum Gasteiger partial charge on any atom is -0.481 e. The van der Waals surface area contributed by atoms with Gasteiger partial charge < -0.3 is 20.7 Å². The summed E-state index contributed by atoms with van der Waals surface area (Å²) in [7, 11) is 0. The van der Waals surface area contributed by atoms with E-state index in [-0.39, 0.29) is 12.3 Å². The number of nitrogens with one attached hydrogen (secondary N) is 1. The molecule has 0 spiro atoms. The number of aliphatic carboxylic acids is 1. The highest BCUT2D eigenvalue weighted by atomic mass is 16.4. The zero-order chi connectivity index (χ0) is 23.7. The normalized spacial score (nSPS) is 13.2. The van der Waals surface area contributed by atoms with E-state index in [4.69, 9.17) is 5.73 Å². The van der Waals surface area contributed by atoms with Crippen LogP contribution in [-0.4, -0.2) is 21.6 Å². The first kappa shape index (κ1) is 21.9. The van der Waals surface area contributed by atoms with E-state index in [0.29, 0.717) is 29.3 Å². The number of carbonyl (C=O) groups excluding carboxylic acids is 1. The Hall–Kier alpha value is -3.90. The molecule has 3 aromatic carbocycles. The monoisotopic (exact) mass is 453 g/mol. The topological polar surface area (TPSA) is 97.3 Å². The molecule has 0 unspecified atom stereocenters. The molecule has 1 heterocycles. The van der Waals surface area contributed by atoms with Gasteiger partial charge in [0.05, 0.1) is 6.42 Å². The number of carboxylic acid groups (broad SMARTS) is 1. The summed E-state index contributed by atoms with van der Waals surface area (Å²) in [5.74, 6) is -0.516. The third-order valence-corrected chi connectivity index (χ3v) is 6.38. The minimum absolute atomic E-state index is 0.156. The van der Waals surface area contributed by atoms with E-state index in [0.717, 1.165) is 34.1 Å². The highest BCUT2D eigenvalue weighted by Gasteiger charge is 2.23. The van der Waals surface area contributed by atoms with E-state index in [9.17, 15) is 14.7 Å². The number of benzene rings is 3. The Balaban J connectivity index is 1.58. The van der Waals surface area contributed by atoms with Crippen molar-refractivity contribution in [1.82, 2.24) is 4.57 Å². The predicted octanol–water partition coefficient (Wildman–Crippen LogP) is 5.06. The summed E-state index contributed by atoms with van der Waals surface area (Å²) < 4.78 is 2.23. The molecule has 1 amide bonds. The number of anilines is 1. The molecule has 0 saturated heterocycles. The number of carbonyl (C=O) groups is 2. The van der Waals surface area contributed by atoms with E-state index in [1.165, 1.54) is 12.8 Å². The summed E-state index contributed by atoms with van der Waals surface area (Å²) in [6, 6.07) is 21.1. The summed E-state index contributed by atoms with van der Waals surface area (Å²) >= 11 is 0. The van der Waals surface area contributed by atoms with Crippen LogP contribution in [0.25, 0.3) is 22.0 Å². The highest BCUT2D eigenvalue weighted by Crippen LogP contribution is 2.35. The molecule has 1 aliphatic rings. The number of hydrogen-bond acceptors (Lipinski definition) is 3.